The van der Waals surface area contributed by atoms with E-state index < -0.39 is 5.97 Å². The van der Waals surface area contributed by atoms with Crippen molar-refractivity contribution in [2.75, 3.05) is 0 Å². The third-order valence-corrected chi connectivity index (χ3v) is 6.87. The van der Waals surface area contributed by atoms with Crippen LogP contribution >= 0.6 is 0 Å². The molecule has 0 spiro atoms. The highest BCUT2D eigenvalue weighted by atomic mass is 16.4. The Hall–Kier alpha value is -1.05. The molecule has 2 aliphatic rings. The van der Waals surface area contributed by atoms with Crippen LogP contribution in [0.5, 0.6) is 0 Å². The topological polar surface area (TPSA) is 37.3 Å². The van der Waals surface area contributed by atoms with E-state index in [1.54, 1.807) is 0 Å². The average molecular weight is 304 g/mol. The van der Waals surface area contributed by atoms with Gasteiger partial charge in [0.2, 0.25) is 0 Å². The predicted octanol–water partition coefficient (Wildman–Crippen LogP) is 5.45. The van der Waals surface area contributed by atoms with Gasteiger partial charge in [-0.05, 0) is 61.2 Å². The number of hydrogen-bond donors (Lipinski definition) is 1. The first-order valence-corrected chi connectivity index (χ1v) is 8.77. The summed E-state index contributed by atoms with van der Waals surface area (Å²) in [6.45, 7) is 11.6. The molecule has 1 saturated carbocycles. The number of aliphatic carboxylic acids is 1. The zero-order chi connectivity index (χ0) is 16.5. The smallest absolute Gasteiger partial charge is 0.303 e. The summed E-state index contributed by atoms with van der Waals surface area (Å²) in [5, 5.41) is 8.98. The standard InChI is InChI=1S/C20H32O2/c1-14(13-18(21)22)9-11-19(4)16(3)10-12-20(5)15(2)7-6-8-17(19)20/h6-8,14,16-17H,9-13H2,1-5H3,(H,21,22). The third-order valence-electron chi connectivity index (χ3n) is 6.87. The lowest BCUT2D eigenvalue weighted by Crippen LogP contribution is -2.48. The molecule has 124 valence electrons. The molecule has 0 amide bonds. The molecule has 0 bridgehead atoms. The molecule has 0 saturated heterocycles. The van der Waals surface area contributed by atoms with Crippen LogP contribution in [0.2, 0.25) is 0 Å². The molecule has 2 aliphatic carbocycles. The summed E-state index contributed by atoms with van der Waals surface area (Å²) in [7, 11) is 0. The fraction of sp³-hybridized carbons (Fsp3) is 0.750. The van der Waals surface area contributed by atoms with Crippen LogP contribution in [0.15, 0.2) is 23.8 Å². The molecule has 0 aromatic heterocycles. The summed E-state index contributed by atoms with van der Waals surface area (Å²) < 4.78 is 0. The Kier molecular flexibility index (Phi) is 4.89. The van der Waals surface area contributed by atoms with Crippen LogP contribution in [-0.4, -0.2) is 11.1 Å². The van der Waals surface area contributed by atoms with Crippen molar-refractivity contribution in [1.29, 1.82) is 0 Å². The number of allylic oxidation sites excluding steroid dienone is 4. The Bertz CT molecular complexity index is 490. The zero-order valence-electron chi connectivity index (χ0n) is 14.9. The van der Waals surface area contributed by atoms with Gasteiger partial charge in [0, 0.05) is 6.42 Å². The van der Waals surface area contributed by atoms with Crippen LogP contribution in [0.1, 0.15) is 66.7 Å². The summed E-state index contributed by atoms with van der Waals surface area (Å²) in [6, 6.07) is 0. The lowest BCUT2D eigenvalue weighted by Gasteiger charge is -2.56. The van der Waals surface area contributed by atoms with Crippen molar-refractivity contribution in [3.8, 4) is 0 Å². The van der Waals surface area contributed by atoms with Crippen LogP contribution in [-0.2, 0) is 4.79 Å². The van der Waals surface area contributed by atoms with E-state index in [1.807, 2.05) is 0 Å². The molecule has 2 heteroatoms. The summed E-state index contributed by atoms with van der Waals surface area (Å²) >= 11 is 0. The van der Waals surface area contributed by atoms with Crippen LogP contribution in [0.3, 0.4) is 0 Å². The van der Waals surface area contributed by atoms with Gasteiger partial charge >= 0.3 is 5.97 Å². The van der Waals surface area contributed by atoms with Crippen molar-refractivity contribution in [1.82, 2.24) is 0 Å². The molecule has 0 aliphatic heterocycles. The van der Waals surface area contributed by atoms with Crippen LogP contribution < -0.4 is 0 Å². The summed E-state index contributed by atoms with van der Waals surface area (Å²) in [4.78, 5) is 10.9. The number of fused-ring (bicyclic) bond motifs is 1. The molecule has 0 aromatic carbocycles. The minimum absolute atomic E-state index is 0.263. The van der Waals surface area contributed by atoms with Gasteiger partial charge in [-0.25, -0.2) is 0 Å². The SMILES string of the molecule is CC1=CC=CC2C1(C)CCC(C)C2(C)CCC(C)CC(=O)O. The third kappa shape index (κ3) is 3.02. The first kappa shape index (κ1) is 17.3. The fourth-order valence-electron chi connectivity index (χ4n) is 4.77. The molecule has 0 radical (unpaired) electrons. The van der Waals surface area contributed by atoms with Crippen molar-refractivity contribution in [3.63, 3.8) is 0 Å². The Labute approximate surface area is 135 Å². The quantitative estimate of drug-likeness (QED) is 0.733. The predicted molar refractivity (Wildman–Crippen MR) is 91.6 cm³/mol. The van der Waals surface area contributed by atoms with Gasteiger partial charge in [0.1, 0.15) is 0 Å². The van der Waals surface area contributed by atoms with Crippen molar-refractivity contribution < 1.29 is 9.90 Å². The van der Waals surface area contributed by atoms with Gasteiger partial charge in [-0.3, -0.25) is 4.79 Å². The maximum absolute atomic E-state index is 10.9. The van der Waals surface area contributed by atoms with Crippen molar-refractivity contribution >= 4 is 5.97 Å². The first-order chi connectivity index (χ1) is 10.2. The number of carboxylic acids is 1. The van der Waals surface area contributed by atoms with E-state index in [0.29, 0.717) is 18.3 Å². The highest BCUT2D eigenvalue weighted by molar-refractivity contribution is 5.66. The van der Waals surface area contributed by atoms with E-state index in [9.17, 15) is 4.79 Å². The number of rotatable bonds is 5. The Balaban J connectivity index is 2.17. The van der Waals surface area contributed by atoms with E-state index in [0.717, 1.165) is 12.8 Å². The molecule has 2 rings (SSSR count). The van der Waals surface area contributed by atoms with Gasteiger partial charge in [-0.2, -0.15) is 0 Å². The number of hydrogen-bond acceptors (Lipinski definition) is 1. The summed E-state index contributed by atoms with van der Waals surface area (Å²) in [6.07, 6.45) is 11.9. The molecule has 5 atom stereocenters. The Morgan fingerprint density at radius 1 is 1.45 bits per heavy atom. The highest BCUT2D eigenvalue weighted by Gasteiger charge is 2.51. The molecule has 1 N–H and O–H groups in total. The Morgan fingerprint density at radius 2 is 2.14 bits per heavy atom. The second-order valence-corrected chi connectivity index (χ2v) is 8.32. The monoisotopic (exact) mass is 304 g/mol. The van der Waals surface area contributed by atoms with Crippen molar-refractivity contribution in [2.45, 2.75) is 66.7 Å². The van der Waals surface area contributed by atoms with Crippen LogP contribution in [0.4, 0.5) is 0 Å². The highest BCUT2D eigenvalue weighted by Crippen LogP contribution is 2.60. The molecular formula is C20H32O2. The molecule has 0 heterocycles. The molecule has 0 aromatic rings. The molecular weight excluding hydrogens is 272 g/mol. The van der Waals surface area contributed by atoms with E-state index in [1.165, 1.54) is 18.4 Å². The van der Waals surface area contributed by atoms with E-state index >= 15 is 0 Å². The lowest BCUT2D eigenvalue weighted by atomic mass is 9.48. The van der Waals surface area contributed by atoms with E-state index in [-0.39, 0.29) is 16.7 Å². The minimum atomic E-state index is -0.671. The summed E-state index contributed by atoms with van der Waals surface area (Å²) in [5.74, 6) is 0.860. The number of carboxylic acid groups (broad SMARTS) is 1. The second kappa shape index (κ2) is 6.22. The molecule has 2 nitrogen and oxygen atoms in total. The molecule has 1 fully saturated rings. The van der Waals surface area contributed by atoms with Gasteiger partial charge in [-0.1, -0.05) is 51.5 Å². The molecule has 5 unspecified atom stereocenters. The number of carbonyl (C=O) groups is 1. The maximum Gasteiger partial charge on any atom is 0.303 e. The largest absolute Gasteiger partial charge is 0.481 e. The van der Waals surface area contributed by atoms with E-state index in [2.05, 4.69) is 52.8 Å². The van der Waals surface area contributed by atoms with E-state index in [4.69, 9.17) is 5.11 Å². The van der Waals surface area contributed by atoms with Gasteiger partial charge < -0.3 is 5.11 Å². The fourth-order valence-corrected chi connectivity index (χ4v) is 4.77. The normalized spacial score (nSPS) is 39.0. The average Bonchev–Trinajstić information content (AvgIpc) is 2.43. The van der Waals surface area contributed by atoms with Gasteiger partial charge in [-0.15, -0.1) is 0 Å². The van der Waals surface area contributed by atoms with Crippen LogP contribution in [0.25, 0.3) is 0 Å². The zero-order valence-corrected chi connectivity index (χ0v) is 14.9. The van der Waals surface area contributed by atoms with Crippen molar-refractivity contribution in [3.05, 3.63) is 23.8 Å². The second-order valence-electron chi connectivity index (χ2n) is 8.32. The maximum atomic E-state index is 10.9. The van der Waals surface area contributed by atoms with Crippen molar-refractivity contribution in [2.24, 2.45) is 28.6 Å². The summed E-state index contributed by atoms with van der Waals surface area (Å²) in [5.41, 5.74) is 2.06. The Morgan fingerprint density at radius 3 is 2.77 bits per heavy atom. The van der Waals surface area contributed by atoms with Crippen LogP contribution in [0, 0.1) is 28.6 Å². The van der Waals surface area contributed by atoms with Gasteiger partial charge in [0.25, 0.3) is 0 Å². The molecule has 22 heavy (non-hydrogen) atoms. The van der Waals surface area contributed by atoms with Gasteiger partial charge in [0.15, 0.2) is 0 Å². The lowest BCUT2D eigenvalue weighted by molar-refractivity contribution is -0.138. The minimum Gasteiger partial charge on any atom is -0.481 e. The first-order valence-electron chi connectivity index (χ1n) is 8.77. The van der Waals surface area contributed by atoms with Gasteiger partial charge in [0.05, 0.1) is 0 Å².